The van der Waals surface area contributed by atoms with Crippen molar-refractivity contribution in [2.45, 2.75) is 39.0 Å². The van der Waals surface area contributed by atoms with Gasteiger partial charge in [0.05, 0.1) is 19.8 Å². The predicted molar refractivity (Wildman–Crippen MR) is 75.3 cm³/mol. The minimum absolute atomic E-state index is 0.0558. The Bertz CT molecular complexity index is 493. The van der Waals surface area contributed by atoms with Gasteiger partial charge in [0.2, 0.25) is 0 Å². The molecule has 3 nitrogen and oxygen atoms in total. The molecule has 0 saturated heterocycles. The maximum Gasteiger partial charge on any atom is 0.169 e. The molecule has 104 valence electrons. The maximum atomic E-state index is 12.3. The largest absolute Gasteiger partial charge is 0.496 e. The molecule has 19 heavy (non-hydrogen) atoms. The number of rotatable bonds is 4. The Hall–Kier alpha value is -1.51. The molecule has 0 spiro atoms. The second kappa shape index (κ2) is 4.87. The minimum Gasteiger partial charge on any atom is -0.496 e. The zero-order valence-electron chi connectivity index (χ0n) is 12.4. The summed E-state index contributed by atoms with van der Waals surface area (Å²) in [6.45, 7) is 6.35. The summed E-state index contributed by atoms with van der Waals surface area (Å²) in [5, 5.41) is 0. The van der Waals surface area contributed by atoms with Crippen LogP contribution in [0.15, 0.2) is 12.1 Å². The SMILES string of the molecule is COc1cc(C(C)(C)C)c(OC)cc1C(=O)C1CC1. The van der Waals surface area contributed by atoms with E-state index < -0.39 is 0 Å². The summed E-state index contributed by atoms with van der Waals surface area (Å²) in [6.07, 6.45) is 1.98. The third kappa shape index (κ3) is 2.75. The first-order valence-electron chi connectivity index (χ1n) is 6.69. The number of methoxy groups -OCH3 is 2. The lowest BCUT2D eigenvalue weighted by Gasteiger charge is -2.24. The molecule has 1 aliphatic carbocycles. The van der Waals surface area contributed by atoms with E-state index in [0.717, 1.165) is 24.2 Å². The molecule has 0 aromatic heterocycles. The Balaban J connectivity index is 2.53. The van der Waals surface area contributed by atoms with Gasteiger partial charge in [-0.05, 0) is 30.4 Å². The average molecular weight is 262 g/mol. The van der Waals surface area contributed by atoms with E-state index in [2.05, 4.69) is 20.8 Å². The number of carbonyl (C=O) groups is 1. The predicted octanol–water partition coefficient (Wildman–Crippen LogP) is 3.59. The van der Waals surface area contributed by atoms with Gasteiger partial charge < -0.3 is 9.47 Å². The van der Waals surface area contributed by atoms with Crippen LogP contribution in [0.5, 0.6) is 11.5 Å². The van der Waals surface area contributed by atoms with Crippen molar-refractivity contribution in [3.05, 3.63) is 23.3 Å². The third-order valence-electron chi connectivity index (χ3n) is 3.54. The highest BCUT2D eigenvalue weighted by Crippen LogP contribution is 2.40. The summed E-state index contributed by atoms with van der Waals surface area (Å²) in [5.41, 5.74) is 1.65. The summed E-state index contributed by atoms with van der Waals surface area (Å²) in [5.74, 6) is 1.77. The number of hydrogen-bond donors (Lipinski definition) is 0. The smallest absolute Gasteiger partial charge is 0.169 e. The summed E-state index contributed by atoms with van der Waals surface area (Å²) in [6, 6.07) is 3.77. The lowest BCUT2D eigenvalue weighted by Crippen LogP contribution is -2.15. The minimum atomic E-state index is -0.0558. The van der Waals surface area contributed by atoms with E-state index in [4.69, 9.17) is 9.47 Å². The molecule has 0 heterocycles. The molecule has 1 aromatic rings. The maximum absolute atomic E-state index is 12.3. The van der Waals surface area contributed by atoms with Gasteiger partial charge in [-0.1, -0.05) is 20.8 Å². The van der Waals surface area contributed by atoms with E-state index in [9.17, 15) is 4.79 Å². The molecule has 1 aliphatic rings. The van der Waals surface area contributed by atoms with Gasteiger partial charge in [-0.2, -0.15) is 0 Å². The van der Waals surface area contributed by atoms with Crippen LogP contribution < -0.4 is 9.47 Å². The molecule has 3 heteroatoms. The number of Topliss-reactive ketones (excluding diaryl/α,β-unsaturated/α-hetero) is 1. The standard InChI is InChI=1S/C16H22O3/c1-16(2,3)12-9-13(18-4)11(8-14(12)19-5)15(17)10-6-7-10/h8-10H,6-7H2,1-5H3. The number of ketones is 1. The third-order valence-corrected chi connectivity index (χ3v) is 3.54. The second-order valence-corrected chi connectivity index (χ2v) is 6.14. The van der Waals surface area contributed by atoms with E-state index in [1.54, 1.807) is 14.2 Å². The van der Waals surface area contributed by atoms with Gasteiger partial charge in [0.1, 0.15) is 11.5 Å². The highest BCUT2D eigenvalue weighted by molar-refractivity contribution is 6.02. The average Bonchev–Trinajstić information content (AvgIpc) is 3.19. The fraction of sp³-hybridized carbons (Fsp3) is 0.562. The van der Waals surface area contributed by atoms with Crippen molar-refractivity contribution < 1.29 is 14.3 Å². The number of hydrogen-bond acceptors (Lipinski definition) is 3. The van der Waals surface area contributed by atoms with Gasteiger partial charge in [0.15, 0.2) is 5.78 Å². The summed E-state index contributed by atoms with van der Waals surface area (Å²) in [4.78, 5) is 12.3. The summed E-state index contributed by atoms with van der Waals surface area (Å²) >= 11 is 0. The van der Waals surface area contributed by atoms with Crippen LogP contribution in [-0.2, 0) is 5.41 Å². The Kier molecular flexibility index (Phi) is 3.57. The van der Waals surface area contributed by atoms with Gasteiger partial charge in [-0.25, -0.2) is 0 Å². The number of carbonyl (C=O) groups excluding carboxylic acids is 1. The lowest BCUT2D eigenvalue weighted by atomic mass is 9.85. The monoisotopic (exact) mass is 262 g/mol. The van der Waals surface area contributed by atoms with Crippen molar-refractivity contribution >= 4 is 5.78 Å². The highest BCUT2D eigenvalue weighted by Gasteiger charge is 2.33. The van der Waals surface area contributed by atoms with Gasteiger partial charge in [-0.15, -0.1) is 0 Å². The Morgan fingerprint density at radius 3 is 2.11 bits per heavy atom. The van der Waals surface area contributed by atoms with Gasteiger partial charge in [-0.3, -0.25) is 4.79 Å². The molecule has 0 radical (unpaired) electrons. The molecule has 2 rings (SSSR count). The normalized spacial score (nSPS) is 15.2. The van der Waals surface area contributed by atoms with Crippen LogP contribution >= 0.6 is 0 Å². The van der Waals surface area contributed by atoms with Crippen LogP contribution in [0.3, 0.4) is 0 Å². The zero-order valence-corrected chi connectivity index (χ0v) is 12.4. The van der Waals surface area contributed by atoms with Crippen LogP contribution in [0.2, 0.25) is 0 Å². The Labute approximate surface area is 114 Å². The molecule has 1 saturated carbocycles. The molecule has 0 N–H and O–H groups in total. The van der Waals surface area contributed by atoms with Crippen LogP contribution in [0, 0.1) is 5.92 Å². The van der Waals surface area contributed by atoms with Crippen molar-refractivity contribution in [1.82, 2.24) is 0 Å². The highest BCUT2D eigenvalue weighted by atomic mass is 16.5. The van der Waals surface area contributed by atoms with Crippen molar-refractivity contribution in [3.8, 4) is 11.5 Å². The molecule has 1 fully saturated rings. The van der Waals surface area contributed by atoms with Crippen LogP contribution in [0.25, 0.3) is 0 Å². The first kappa shape index (κ1) is 13.9. The van der Waals surface area contributed by atoms with Crippen molar-refractivity contribution in [2.24, 2.45) is 5.92 Å². The molecule has 0 amide bonds. The number of benzene rings is 1. The van der Waals surface area contributed by atoms with E-state index in [-0.39, 0.29) is 17.1 Å². The second-order valence-electron chi connectivity index (χ2n) is 6.14. The first-order valence-corrected chi connectivity index (χ1v) is 6.69. The molecule has 0 bridgehead atoms. The fourth-order valence-corrected chi connectivity index (χ4v) is 2.24. The Morgan fingerprint density at radius 2 is 1.68 bits per heavy atom. The molecule has 1 aromatic carbocycles. The molecule has 0 atom stereocenters. The van der Waals surface area contributed by atoms with Crippen molar-refractivity contribution in [3.63, 3.8) is 0 Å². The zero-order chi connectivity index (χ0) is 14.2. The van der Waals surface area contributed by atoms with Crippen LogP contribution in [0.1, 0.15) is 49.5 Å². The summed E-state index contributed by atoms with van der Waals surface area (Å²) in [7, 11) is 3.25. The molecular formula is C16H22O3. The number of ether oxygens (including phenoxy) is 2. The van der Waals surface area contributed by atoms with E-state index in [1.165, 1.54) is 0 Å². The van der Waals surface area contributed by atoms with Crippen molar-refractivity contribution in [1.29, 1.82) is 0 Å². The Morgan fingerprint density at radius 1 is 1.11 bits per heavy atom. The lowest BCUT2D eigenvalue weighted by molar-refractivity contribution is 0.0964. The quantitative estimate of drug-likeness (QED) is 0.778. The topological polar surface area (TPSA) is 35.5 Å². The van der Waals surface area contributed by atoms with E-state index in [1.807, 2.05) is 12.1 Å². The van der Waals surface area contributed by atoms with Crippen LogP contribution in [-0.4, -0.2) is 20.0 Å². The molecule has 0 unspecified atom stereocenters. The van der Waals surface area contributed by atoms with Gasteiger partial charge in [0.25, 0.3) is 0 Å². The van der Waals surface area contributed by atoms with Gasteiger partial charge >= 0.3 is 0 Å². The van der Waals surface area contributed by atoms with Crippen LogP contribution in [0.4, 0.5) is 0 Å². The summed E-state index contributed by atoms with van der Waals surface area (Å²) < 4.78 is 10.9. The molecule has 0 aliphatic heterocycles. The fourth-order valence-electron chi connectivity index (χ4n) is 2.24. The van der Waals surface area contributed by atoms with Gasteiger partial charge in [0, 0.05) is 11.5 Å². The van der Waals surface area contributed by atoms with E-state index in [0.29, 0.717) is 11.3 Å². The first-order chi connectivity index (χ1) is 8.88. The molecular weight excluding hydrogens is 240 g/mol. The van der Waals surface area contributed by atoms with Crippen molar-refractivity contribution in [2.75, 3.05) is 14.2 Å². The van der Waals surface area contributed by atoms with E-state index >= 15 is 0 Å².